The molecule has 0 bridgehead atoms. The van der Waals surface area contributed by atoms with Crippen LogP contribution in [0.25, 0.3) is 0 Å². The molecule has 1 amide bonds. The molecule has 3 aromatic rings. The lowest BCUT2D eigenvalue weighted by molar-refractivity contribution is -0.385. The van der Waals surface area contributed by atoms with Gasteiger partial charge in [-0.1, -0.05) is 30.3 Å². The average molecular weight is 433 g/mol. The highest BCUT2D eigenvalue weighted by Gasteiger charge is 2.24. The van der Waals surface area contributed by atoms with Crippen LogP contribution < -0.4 is 10.2 Å². The SMILES string of the molecule is CC(C)N(C(=O)COC(=O)c1ccccc1[N+](=O)[O-])c1ccc(Nc2ccccc2)cc1. The molecule has 3 rings (SSSR count). The number of rotatable bonds is 8. The normalized spacial score (nSPS) is 10.5. The predicted octanol–water partition coefficient (Wildman–Crippen LogP) is 4.94. The van der Waals surface area contributed by atoms with Gasteiger partial charge < -0.3 is 15.0 Å². The van der Waals surface area contributed by atoms with E-state index in [1.807, 2.05) is 56.3 Å². The van der Waals surface area contributed by atoms with Gasteiger partial charge in [0, 0.05) is 29.2 Å². The summed E-state index contributed by atoms with van der Waals surface area (Å²) >= 11 is 0. The van der Waals surface area contributed by atoms with Crippen LogP contribution in [0.5, 0.6) is 0 Å². The Balaban J connectivity index is 1.68. The fraction of sp³-hybridized carbons (Fsp3) is 0.167. The molecule has 0 heterocycles. The molecule has 0 radical (unpaired) electrons. The van der Waals surface area contributed by atoms with Crippen LogP contribution in [0.15, 0.2) is 78.9 Å². The van der Waals surface area contributed by atoms with Crippen LogP contribution in [0.1, 0.15) is 24.2 Å². The van der Waals surface area contributed by atoms with Crippen molar-refractivity contribution in [1.82, 2.24) is 0 Å². The summed E-state index contributed by atoms with van der Waals surface area (Å²) in [5.41, 5.74) is 1.88. The monoisotopic (exact) mass is 433 g/mol. The van der Waals surface area contributed by atoms with Crippen molar-refractivity contribution in [2.75, 3.05) is 16.8 Å². The Labute approximate surface area is 185 Å². The standard InChI is InChI=1S/C24H23N3O5/c1-17(2)26(20-14-12-19(13-15-20)25-18-8-4-3-5-9-18)23(28)16-32-24(29)21-10-6-7-11-22(21)27(30)31/h3-15,17,25H,16H2,1-2H3. The van der Waals surface area contributed by atoms with Crippen molar-refractivity contribution >= 4 is 34.6 Å². The molecule has 0 atom stereocenters. The molecule has 0 saturated heterocycles. The minimum absolute atomic E-state index is 0.194. The molecule has 0 aliphatic rings. The average Bonchev–Trinajstić information content (AvgIpc) is 2.79. The smallest absolute Gasteiger partial charge is 0.345 e. The maximum Gasteiger partial charge on any atom is 0.345 e. The van der Waals surface area contributed by atoms with Gasteiger partial charge in [0.1, 0.15) is 5.56 Å². The molecule has 0 aliphatic carbocycles. The second-order valence-electron chi connectivity index (χ2n) is 7.25. The van der Waals surface area contributed by atoms with E-state index >= 15 is 0 Å². The fourth-order valence-electron chi connectivity index (χ4n) is 3.20. The van der Waals surface area contributed by atoms with E-state index in [1.54, 1.807) is 12.1 Å². The van der Waals surface area contributed by atoms with Gasteiger partial charge in [0.05, 0.1) is 4.92 Å². The van der Waals surface area contributed by atoms with Crippen LogP contribution in [0.2, 0.25) is 0 Å². The zero-order valence-electron chi connectivity index (χ0n) is 17.7. The quantitative estimate of drug-likeness (QED) is 0.307. The molecule has 0 spiro atoms. The number of hydrogen-bond donors (Lipinski definition) is 1. The topological polar surface area (TPSA) is 102 Å². The van der Waals surface area contributed by atoms with Gasteiger partial charge in [0.15, 0.2) is 6.61 Å². The number of ether oxygens (including phenoxy) is 1. The molecule has 1 N–H and O–H groups in total. The first-order chi connectivity index (χ1) is 15.4. The molecule has 0 fully saturated rings. The van der Waals surface area contributed by atoms with Crippen molar-refractivity contribution < 1.29 is 19.2 Å². The Hall–Kier alpha value is -4.20. The number of benzene rings is 3. The summed E-state index contributed by atoms with van der Waals surface area (Å²) < 4.78 is 5.09. The Morgan fingerprint density at radius 1 is 0.938 bits per heavy atom. The number of anilines is 3. The Morgan fingerprint density at radius 2 is 1.53 bits per heavy atom. The van der Waals surface area contributed by atoms with E-state index in [0.717, 1.165) is 11.4 Å². The Kier molecular flexibility index (Phi) is 7.17. The predicted molar refractivity (Wildman–Crippen MR) is 122 cm³/mol. The van der Waals surface area contributed by atoms with Crippen LogP contribution in [0.3, 0.4) is 0 Å². The van der Waals surface area contributed by atoms with E-state index in [0.29, 0.717) is 5.69 Å². The van der Waals surface area contributed by atoms with Crippen molar-refractivity contribution in [1.29, 1.82) is 0 Å². The van der Waals surface area contributed by atoms with Crippen LogP contribution >= 0.6 is 0 Å². The number of nitrogens with one attached hydrogen (secondary N) is 1. The molecular formula is C24H23N3O5. The highest BCUT2D eigenvalue weighted by Crippen LogP contribution is 2.23. The number of nitrogens with zero attached hydrogens (tertiary/aromatic N) is 2. The first-order valence-corrected chi connectivity index (χ1v) is 10.0. The molecule has 164 valence electrons. The van der Waals surface area contributed by atoms with Crippen LogP contribution in [0, 0.1) is 10.1 Å². The summed E-state index contributed by atoms with van der Waals surface area (Å²) in [5.74, 6) is -1.35. The molecule has 32 heavy (non-hydrogen) atoms. The number of amides is 1. The third-order valence-electron chi connectivity index (χ3n) is 4.64. The Morgan fingerprint density at radius 3 is 2.16 bits per heavy atom. The fourth-order valence-corrected chi connectivity index (χ4v) is 3.20. The van der Waals surface area contributed by atoms with Crippen molar-refractivity contribution in [3.05, 3.63) is 94.5 Å². The highest BCUT2D eigenvalue weighted by atomic mass is 16.6. The molecule has 0 saturated carbocycles. The minimum Gasteiger partial charge on any atom is -0.452 e. The molecule has 8 heteroatoms. The maximum absolute atomic E-state index is 12.8. The van der Waals surface area contributed by atoms with Crippen molar-refractivity contribution in [3.63, 3.8) is 0 Å². The number of hydrogen-bond acceptors (Lipinski definition) is 6. The van der Waals surface area contributed by atoms with Crippen molar-refractivity contribution in [2.24, 2.45) is 0 Å². The van der Waals surface area contributed by atoms with Gasteiger partial charge in [-0.3, -0.25) is 14.9 Å². The number of para-hydroxylation sites is 2. The lowest BCUT2D eigenvalue weighted by atomic mass is 10.2. The highest BCUT2D eigenvalue weighted by molar-refractivity contribution is 5.99. The van der Waals surface area contributed by atoms with E-state index in [1.165, 1.54) is 29.2 Å². The first-order valence-electron chi connectivity index (χ1n) is 10.0. The van der Waals surface area contributed by atoms with Crippen molar-refractivity contribution in [2.45, 2.75) is 19.9 Å². The number of nitro benzene ring substituents is 1. The van der Waals surface area contributed by atoms with E-state index in [-0.39, 0.29) is 17.3 Å². The summed E-state index contributed by atoms with van der Waals surface area (Å²) in [5, 5.41) is 14.4. The second-order valence-corrected chi connectivity index (χ2v) is 7.25. The number of carbonyl (C=O) groups is 2. The Bertz CT molecular complexity index is 1100. The lowest BCUT2D eigenvalue weighted by Gasteiger charge is -2.27. The van der Waals surface area contributed by atoms with Gasteiger partial charge in [-0.2, -0.15) is 0 Å². The van der Waals surface area contributed by atoms with Gasteiger partial charge in [0.2, 0.25) is 0 Å². The maximum atomic E-state index is 12.8. The van der Waals surface area contributed by atoms with Crippen LogP contribution in [-0.4, -0.2) is 29.4 Å². The zero-order chi connectivity index (χ0) is 23.1. The number of esters is 1. The molecule has 3 aromatic carbocycles. The largest absolute Gasteiger partial charge is 0.452 e. The molecule has 0 unspecified atom stereocenters. The molecular weight excluding hydrogens is 410 g/mol. The van der Waals surface area contributed by atoms with E-state index < -0.39 is 23.4 Å². The van der Waals surface area contributed by atoms with E-state index in [4.69, 9.17) is 4.74 Å². The van der Waals surface area contributed by atoms with Gasteiger partial charge in [-0.15, -0.1) is 0 Å². The van der Waals surface area contributed by atoms with Crippen molar-refractivity contribution in [3.8, 4) is 0 Å². The summed E-state index contributed by atoms with van der Waals surface area (Å²) in [6, 6.07) is 22.3. The molecule has 0 aliphatic heterocycles. The summed E-state index contributed by atoms with van der Waals surface area (Å²) in [6.45, 7) is 3.16. The van der Waals surface area contributed by atoms with E-state index in [2.05, 4.69) is 5.32 Å². The summed E-state index contributed by atoms with van der Waals surface area (Å²) in [7, 11) is 0. The lowest BCUT2D eigenvalue weighted by Crippen LogP contribution is -2.40. The van der Waals surface area contributed by atoms with Crippen LogP contribution in [-0.2, 0) is 9.53 Å². The molecule has 0 aromatic heterocycles. The second kappa shape index (κ2) is 10.2. The molecule has 8 nitrogen and oxygen atoms in total. The number of carbonyl (C=O) groups excluding carboxylic acids is 2. The zero-order valence-corrected chi connectivity index (χ0v) is 17.7. The van der Waals surface area contributed by atoms with E-state index in [9.17, 15) is 19.7 Å². The minimum atomic E-state index is -0.920. The van der Waals surface area contributed by atoms with Crippen LogP contribution in [0.4, 0.5) is 22.7 Å². The van der Waals surface area contributed by atoms with Gasteiger partial charge in [-0.05, 0) is 56.3 Å². The first kappa shape index (κ1) is 22.5. The summed E-state index contributed by atoms with van der Waals surface area (Å²) in [4.78, 5) is 37.1. The number of nitro groups is 1. The van der Waals surface area contributed by atoms with Gasteiger partial charge in [-0.25, -0.2) is 4.79 Å². The summed E-state index contributed by atoms with van der Waals surface area (Å²) in [6.07, 6.45) is 0. The van der Waals surface area contributed by atoms with Gasteiger partial charge >= 0.3 is 5.97 Å². The third-order valence-corrected chi connectivity index (χ3v) is 4.64. The van der Waals surface area contributed by atoms with Gasteiger partial charge in [0.25, 0.3) is 11.6 Å². The third kappa shape index (κ3) is 5.48.